The number of ketones is 1. The molecule has 1 aliphatic rings. The zero-order valence-electron chi connectivity index (χ0n) is 7.46. The molecule has 0 aliphatic heterocycles. The fraction of sp³-hybridized carbons (Fsp3) is 0.364. The highest BCUT2D eigenvalue weighted by molar-refractivity contribution is 9.09. The largest absolute Gasteiger partial charge is 0.300 e. The number of benzene rings is 1. The summed E-state index contributed by atoms with van der Waals surface area (Å²) in [5.41, 5.74) is 2.59. The zero-order chi connectivity index (χ0) is 9.42. The van der Waals surface area contributed by atoms with Crippen LogP contribution in [-0.2, 0) is 11.2 Å². The molecule has 1 nitrogen and oxygen atoms in total. The summed E-state index contributed by atoms with van der Waals surface area (Å²) in [4.78, 5) is 11.5. The fourth-order valence-electron chi connectivity index (χ4n) is 1.90. The molecule has 2 atom stereocenters. The Morgan fingerprint density at radius 1 is 1.46 bits per heavy atom. The third-order valence-electron chi connectivity index (χ3n) is 2.67. The van der Waals surface area contributed by atoms with Crippen LogP contribution < -0.4 is 0 Å². The number of fused-ring (bicyclic) bond motifs is 1. The number of carbonyl (C=O) groups excluding carboxylic acids is 1. The second-order valence-corrected chi connectivity index (χ2v) is 4.51. The molecule has 0 heterocycles. The number of rotatable bonds is 1. The van der Waals surface area contributed by atoms with Gasteiger partial charge in [-0.25, -0.2) is 0 Å². The first-order chi connectivity index (χ1) is 6.20. The third-order valence-corrected chi connectivity index (χ3v) is 3.80. The maximum Gasteiger partial charge on any atom is 0.134 e. The highest BCUT2D eigenvalue weighted by Crippen LogP contribution is 2.42. The molecule has 0 N–H and O–H groups in total. The van der Waals surface area contributed by atoms with E-state index < -0.39 is 0 Å². The van der Waals surface area contributed by atoms with E-state index in [4.69, 9.17) is 0 Å². The second kappa shape index (κ2) is 3.26. The predicted octanol–water partition coefficient (Wildman–Crippen LogP) is 2.88. The van der Waals surface area contributed by atoms with Gasteiger partial charge in [0.05, 0.1) is 0 Å². The SMILES string of the molecule is CC(=O)C1Cc2ccccc2C1Br. The quantitative estimate of drug-likeness (QED) is 0.688. The lowest BCUT2D eigenvalue weighted by Gasteiger charge is -2.09. The summed E-state index contributed by atoms with van der Waals surface area (Å²) < 4.78 is 0. The molecule has 0 amide bonds. The van der Waals surface area contributed by atoms with Crippen LogP contribution in [0.5, 0.6) is 0 Å². The van der Waals surface area contributed by atoms with Crippen molar-refractivity contribution in [1.82, 2.24) is 0 Å². The van der Waals surface area contributed by atoms with E-state index in [9.17, 15) is 4.79 Å². The molecular weight excluding hydrogens is 228 g/mol. The van der Waals surface area contributed by atoms with Gasteiger partial charge in [-0.1, -0.05) is 40.2 Å². The Kier molecular flexibility index (Phi) is 2.24. The van der Waals surface area contributed by atoms with E-state index in [1.54, 1.807) is 6.92 Å². The molecule has 0 radical (unpaired) electrons. The number of carbonyl (C=O) groups is 1. The van der Waals surface area contributed by atoms with Crippen molar-refractivity contribution in [3.8, 4) is 0 Å². The van der Waals surface area contributed by atoms with Crippen LogP contribution in [0, 0.1) is 5.92 Å². The lowest BCUT2D eigenvalue weighted by Crippen LogP contribution is -2.12. The van der Waals surface area contributed by atoms with Crippen LogP contribution in [0.15, 0.2) is 24.3 Å². The summed E-state index contributed by atoms with van der Waals surface area (Å²) in [6, 6.07) is 8.25. The smallest absolute Gasteiger partial charge is 0.134 e. The topological polar surface area (TPSA) is 17.1 Å². The Morgan fingerprint density at radius 2 is 2.15 bits per heavy atom. The maximum absolute atomic E-state index is 11.3. The van der Waals surface area contributed by atoms with Crippen LogP contribution in [0.4, 0.5) is 0 Å². The highest BCUT2D eigenvalue weighted by atomic mass is 79.9. The van der Waals surface area contributed by atoms with Crippen molar-refractivity contribution in [2.24, 2.45) is 5.92 Å². The molecule has 0 saturated carbocycles. The Bertz CT molecular complexity index is 346. The lowest BCUT2D eigenvalue weighted by molar-refractivity contribution is -0.120. The van der Waals surface area contributed by atoms with E-state index in [0.717, 1.165) is 6.42 Å². The lowest BCUT2D eigenvalue weighted by atomic mass is 10.0. The van der Waals surface area contributed by atoms with Gasteiger partial charge in [0.1, 0.15) is 5.78 Å². The first-order valence-corrected chi connectivity index (χ1v) is 5.34. The third kappa shape index (κ3) is 1.44. The van der Waals surface area contributed by atoms with E-state index in [-0.39, 0.29) is 16.5 Å². The molecule has 13 heavy (non-hydrogen) atoms. The standard InChI is InChI=1S/C11H11BrO/c1-7(13)10-6-8-4-2-3-5-9(8)11(10)12/h2-5,10-11H,6H2,1H3. The minimum absolute atomic E-state index is 0.136. The van der Waals surface area contributed by atoms with Crippen molar-refractivity contribution in [3.05, 3.63) is 35.4 Å². The molecule has 1 aliphatic carbocycles. The van der Waals surface area contributed by atoms with Crippen LogP contribution in [0.2, 0.25) is 0 Å². The van der Waals surface area contributed by atoms with Gasteiger partial charge in [-0.3, -0.25) is 4.79 Å². The molecule has 2 rings (SSSR count). The molecule has 0 saturated heterocycles. The average Bonchev–Trinajstić information content (AvgIpc) is 2.45. The van der Waals surface area contributed by atoms with E-state index in [2.05, 4.69) is 28.1 Å². The Balaban J connectivity index is 2.38. The van der Waals surface area contributed by atoms with Crippen LogP contribution in [0.3, 0.4) is 0 Å². The van der Waals surface area contributed by atoms with Crippen LogP contribution in [0.1, 0.15) is 22.9 Å². The first-order valence-electron chi connectivity index (χ1n) is 4.42. The van der Waals surface area contributed by atoms with E-state index in [1.807, 2.05) is 12.1 Å². The second-order valence-electron chi connectivity index (χ2n) is 3.52. The van der Waals surface area contributed by atoms with Crippen molar-refractivity contribution >= 4 is 21.7 Å². The molecule has 0 spiro atoms. The average molecular weight is 239 g/mol. The first kappa shape index (κ1) is 8.95. The van der Waals surface area contributed by atoms with E-state index in [1.165, 1.54) is 11.1 Å². The van der Waals surface area contributed by atoms with Crippen molar-refractivity contribution < 1.29 is 4.79 Å². The van der Waals surface area contributed by atoms with Gasteiger partial charge in [-0.2, -0.15) is 0 Å². The van der Waals surface area contributed by atoms with Crippen LogP contribution >= 0.6 is 15.9 Å². The Hall–Kier alpha value is -0.630. The van der Waals surface area contributed by atoms with Gasteiger partial charge in [0.15, 0.2) is 0 Å². The van der Waals surface area contributed by atoms with Gasteiger partial charge in [0.2, 0.25) is 0 Å². The van der Waals surface area contributed by atoms with Gasteiger partial charge >= 0.3 is 0 Å². The van der Waals surface area contributed by atoms with E-state index >= 15 is 0 Å². The normalized spacial score (nSPS) is 25.7. The molecule has 0 bridgehead atoms. The summed E-state index contributed by atoms with van der Waals surface area (Å²) in [5, 5.41) is 0. The maximum atomic E-state index is 11.3. The molecule has 2 heteroatoms. The molecule has 2 unspecified atom stereocenters. The Morgan fingerprint density at radius 3 is 2.77 bits per heavy atom. The minimum atomic E-state index is 0.136. The summed E-state index contributed by atoms with van der Waals surface area (Å²) in [6.45, 7) is 1.67. The Labute approximate surface area is 86.3 Å². The summed E-state index contributed by atoms with van der Waals surface area (Å²) >= 11 is 3.58. The number of hydrogen-bond acceptors (Lipinski definition) is 1. The summed E-state index contributed by atoms with van der Waals surface area (Å²) in [6.07, 6.45) is 0.890. The highest BCUT2D eigenvalue weighted by Gasteiger charge is 2.32. The number of alkyl halides is 1. The minimum Gasteiger partial charge on any atom is -0.300 e. The monoisotopic (exact) mass is 238 g/mol. The number of halogens is 1. The van der Waals surface area contributed by atoms with E-state index in [0.29, 0.717) is 0 Å². The molecular formula is C11H11BrO. The van der Waals surface area contributed by atoms with Gasteiger partial charge in [-0.15, -0.1) is 0 Å². The van der Waals surface area contributed by atoms with Gasteiger partial charge in [0.25, 0.3) is 0 Å². The van der Waals surface area contributed by atoms with Crippen molar-refractivity contribution in [1.29, 1.82) is 0 Å². The van der Waals surface area contributed by atoms with Crippen molar-refractivity contribution in [2.75, 3.05) is 0 Å². The van der Waals surface area contributed by atoms with Gasteiger partial charge < -0.3 is 0 Å². The molecule has 68 valence electrons. The van der Waals surface area contributed by atoms with Crippen LogP contribution in [-0.4, -0.2) is 5.78 Å². The molecule has 1 aromatic carbocycles. The summed E-state index contributed by atoms with van der Waals surface area (Å²) in [5.74, 6) is 0.412. The number of hydrogen-bond donors (Lipinski definition) is 0. The zero-order valence-corrected chi connectivity index (χ0v) is 9.04. The molecule has 0 aromatic heterocycles. The molecule has 1 aromatic rings. The summed E-state index contributed by atoms with van der Waals surface area (Å²) in [7, 11) is 0. The number of Topliss-reactive ketones (excluding diaryl/α,β-unsaturated/α-hetero) is 1. The predicted molar refractivity (Wildman–Crippen MR) is 56.0 cm³/mol. The fourth-order valence-corrected chi connectivity index (χ4v) is 2.90. The van der Waals surface area contributed by atoms with Crippen molar-refractivity contribution in [3.63, 3.8) is 0 Å². The van der Waals surface area contributed by atoms with Crippen LogP contribution in [0.25, 0.3) is 0 Å². The van der Waals surface area contributed by atoms with Gasteiger partial charge in [0, 0.05) is 10.7 Å². The van der Waals surface area contributed by atoms with Crippen molar-refractivity contribution in [2.45, 2.75) is 18.2 Å². The molecule has 0 fully saturated rings. The van der Waals surface area contributed by atoms with Gasteiger partial charge in [-0.05, 0) is 24.5 Å².